The molecule has 0 saturated carbocycles. The number of ether oxygens (including phenoxy) is 1. The van der Waals surface area contributed by atoms with Crippen molar-refractivity contribution in [2.24, 2.45) is 0 Å². The third-order valence-corrected chi connectivity index (χ3v) is 3.26. The number of methoxy groups -OCH3 is 1. The van der Waals surface area contributed by atoms with E-state index in [1.54, 1.807) is 7.11 Å². The molecule has 2 aromatic carbocycles. The zero-order chi connectivity index (χ0) is 15.4. The van der Waals surface area contributed by atoms with Crippen molar-refractivity contribution in [3.05, 3.63) is 59.4 Å². The summed E-state index contributed by atoms with van der Waals surface area (Å²) in [6, 6.07) is 11.3. The molecule has 110 valence electrons. The second-order valence-electron chi connectivity index (χ2n) is 4.67. The van der Waals surface area contributed by atoms with Crippen molar-refractivity contribution in [2.45, 2.75) is 13.0 Å². The van der Waals surface area contributed by atoms with Gasteiger partial charge in [-0.15, -0.1) is 0 Å². The van der Waals surface area contributed by atoms with Gasteiger partial charge in [-0.25, -0.2) is 4.39 Å². The Kier molecular flexibility index (Phi) is 4.42. The molecule has 0 spiro atoms. The number of hydrogen-bond acceptors (Lipinski definition) is 3. The Labute approximate surface area is 122 Å². The predicted octanol–water partition coefficient (Wildman–Crippen LogP) is 2.91. The van der Waals surface area contributed by atoms with Crippen molar-refractivity contribution in [1.29, 1.82) is 0 Å². The summed E-state index contributed by atoms with van der Waals surface area (Å²) in [6.07, 6.45) is 0. The summed E-state index contributed by atoms with van der Waals surface area (Å²) >= 11 is 0. The highest BCUT2D eigenvalue weighted by Crippen LogP contribution is 2.20. The smallest absolute Gasteiger partial charge is 0.253 e. The van der Waals surface area contributed by atoms with Crippen LogP contribution >= 0.6 is 0 Å². The number of rotatable bonds is 4. The molecule has 2 aromatic rings. The Morgan fingerprint density at radius 3 is 2.52 bits per heavy atom. The van der Waals surface area contributed by atoms with E-state index >= 15 is 0 Å². The normalized spacial score (nSPS) is 11.8. The Hall–Kier alpha value is -2.56. The predicted molar refractivity (Wildman–Crippen MR) is 79.7 cm³/mol. The molecule has 2 rings (SSSR count). The molecule has 0 aliphatic carbocycles. The van der Waals surface area contributed by atoms with Crippen LogP contribution in [0.15, 0.2) is 42.5 Å². The number of nitrogens with two attached hydrogens (primary N) is 1. The highest BCUT2D eigenvalue weighted by molar-refractivity contribution is 5.99. The lowest BCUT2D eigenvalue weighted by molar-refractivity contribution is 0.0940. The molecule has 1 atom stereocenters. The topological polar surface area (TPSA) is 64.3 Å². The van der Waals surface area contributed by atoms with Gasteiger partial charge in [0.25, 0.3) is 5.91 Å². The minimum atomic E-state index is -0.597. The van der Waals surface area contributed by atoms with Crippen molar-refractivity contribution < 1.29 is 13.9 Å². The van der Waals surface area contributed by atoms with Gasteiger partial charge in [0, 0.05) is 0 Å². The maximum absolute atomic E-state index is 13.4. The SMILES string of the molecule is COc1ccc([C@@H](C)NC(=O)c2cccc(F)c2N)cc1. The summed E-state index contributed by atoms with van der Waals surface area (Å²) in [7, 11) is 1.59. The summed E-state index contributed by atoms with van der Waals surface area (Å²) in [6.45, 7) is 1.84. The van der Waals surface area contributed by atoms with Crippen molar-refractivity contribution in [2.75, 3.05) is 12.8 Å². The summed E-state index contributed by atoms with van der Waals surface area (Å²) in [5.41, 5.74) is 6.49. The van der Waals surface area contributed by atoms with Gasteiger partial charge in [0.1, 0.15) is 11.6 Å². The van der Waals surface area contributed by atoms with Gasteiger partial charge in [0.15, 0.2) is 0 Å². The van der Waals surface area contributed by atoms with Crippen LogP contribution in [0.1, 0.15) is 28.9 Å². The van der Waals surface area contributed by atoms with Crippen LogP contribution in [-0.2, 0) is 0 Å². The quantitative estimate of drug-likeness (QED) is 0.850. The van der Waals surface area contributed by atoms with Crippen LogP contribution in [0.5, 0.6) is 5.75 Å². The van der Waals surface area contributed by atoms with E-state index in [4.69, 9.17) is 10.5 Å². The lowest BCUT2D eigenvalue weighted by Crippen LogP contribution is -2.27. The summed E-state index contributed by atoms with van der Waals surface area (Å²) in [4.78, 5) is 12.1. The molecule has 1 amide bonds. The molecule has 0 aliphatic rings. The van der Waals surface area contributed by atoms with E-state index in [1.165, 1.54) is 18.2 Å². The molecule has 0 unspecified atom stereocenters. The second-order valence-corrected chi connectivity index (χ2v) is 4.67. The molecule has 0 aliphatic heterocycles. The molecule has 21 heavy (non-hydrogen) atoms. The second kappa shape index (κ2) is 6.26. The van der Waals surface area contributed by atoms with Crippen molar-refractivity contribution in [3.8, 4) is 5.75 Å². The number of amides is 1. The summed E-state index contributed by atoms with van der Waals surface area (Å²) in [5.74, 6) is -0.262. The summed E-state index contributed by atoms with van der Waals surface area (Å²) in [5, 5.41) is 2.79. The number of carbonyl (C=O) groups is 1. The number of nitrogens with one attached hydrogen (secondary N) is 1. The first-order chi connectivity index (χ1) is 10.0. The first-order valence-corrected chi connectivity index (χ1v) is 6.51. The Morgan fingerprint density at radius 2 is 1.90 bits per heavy atom. The van der Waals surface area contributed by atoms with Crippen LogP contribution in [0.25, 0.3) is 0 Å². The van der Waals surface area contributed by atoms with E-state index in [1.807, 2.05) is 31.2 Å². The fourth-order valence-corrected chi connectivity index (χ4v) is 1.99. The Bertz CT molecular complexity index is 641. The third-order valence-electron chi connectivity index (χ3n) is 3.26. The van der Waals surface area contributed by atoms with Crippen LogP contribution in [0.3, 0.4) is 0 Å². The maximum atomic E-state index is 13.4. The molecule has 0 aromatic heterocycles. The Balaban J connectivity index is 2.12. The van der Waals surface area contributed by atoms with E-state index in [-0.39, 0.29) is 17.3 Å². The number of anilines is 1. The van der Waals surface area contributed by atoms with E-state index in [9.17, 15) is 9.18 Å². The zero-order valence-corrected chi connectivity index (χ0v) is 11.9. The molecule has 0 fully saturated rings. The maximum Gasteiger partial charge on any atom is 0.253 e. The van der Waals surface area contributed by atoms with Crippen molar-refractivity contribution in [1.82, 2.24) is 5.32 Å². The molecule has 4 nitrogen and oxygen atoms in total. The van der Waals surface area contributed by atoms with Gasteiger partial charge in [0.05, 0.1) is 24.4 Å². The molecule has 0 saturated heterocycles. The summed E-state index contributed by atoms with van der Waals surface area (Å²) < 4.78 is 18.4. The number of hydrogen-bond donors (Lipinski definition) is 2. The Morgan fingerprint density at radius 1 is 1.24 bits per heavy atom. The molecule has 0 heterocycles. The van der Waals surface area contributed by atoms with Gasteiger partial charge in [-0.1, -0.05) is 18.2 Å². The van der Waals surface area contributed by atoms with Gasteiger partial charge in [-0.05, 0) is 36.8 Å². The largest absolute Gasteiger partial charge is 0.497 e. The van der Waals surface area contributed by atoms with Gasteiger partial charge >= 0.3 is 0 Å². The molecule has 0 radical (unpaired) electrons. The number of halogens is 1. The van der Waals surface area contributed by atoms with Crippen molar-refractivity contribution >= 4 is 11.6 Å². The first-order valence-electron chi connectivity index (χ1n) is 6.51. The van der Waals surface area contributed by atoms with E-state index in [2.05, 4.69) is 5.32 Å². The van der Waals surface area contributed by atoms with Crippen LogP contribution in [0, 0.1) is 5.82 Å². The van der Waals surface area contributed by atoms with Gasteiger partial charge in [0.2, 0.25) is 0 Å². The molecule has 3 N–H and O–H groups in total. The van der Waals surface area contributed by atoms with Crippen LogP contribution in [0.4, 0.5) is 10.1 Å². The molecule has 5 heteroatoms. The monoisotopic (exact) mass is 288 g/mol. The van der Waals surface area contributed by atoms with E-state index in [0.29, 0.717) is 0 Å². The highest BCUT2D eigenvalue weighted by Gasteiger charge is 2.15. The average molecular weight is 288 g/mol. The number of nitrogen functional groups attached to an aromatic ring is 1. The van der Waals surface area contributed by atoms with Crippen LogP contribution < -0.4 is 15.8 Å². The zero-order valence-electron chi connectivity index (χ0n) is 11.9. The van der Waals surface area contributed by atoms with E-state index < -0.39 is 11.7 Å². The standard InChI is InChI=1S/C16H17FN2O2/c1-10(11-6-8-12(21-2)9-7-11)19-16(20)13-4-3-5-14(17)15(13)18/h3-10H,18H2,1-2H3,(H,19,20)/t10-/m1/s1. The minimum Gasteiger partial charge on any atom is -0.497 e. The lowest BCUT2D eigenvalue weighted by atomic mass is 10.1. The first kappa shape index (κ1) is 14.8. The molecule has 0 bridgehead atoms. The number of para-hydroxylation sites is 1. The van der Waals surface area contributed by atoms with Crippen LogP contribution in [-0.4, -0.2) is 13.0 Å². The highest BCUT2D eigenvalue weighted by atomic mass is 19.1. The average Bonchev–Trinajstić information content (AvgIpc) is 2.50. The van der Waals surface area contributed by atoms with Gasteiger partial charge < -0.3 is 15.8 Å². The minimum absolute atomic E-state index is 0.135. The van der Waals surface area contributed by atoms with E-state index in [0.717, 1.165) is 11.3 Å². The van der Waals surface area contributed by atoms with Gasteiger partial charge in [-0.3, -0.25) is 4.79 Å². The molecular formula is C16H17FN2O2. The fourth-order valence-electron chi connectivity index (χ4n) is 1.99. The molecular weight excluding hydrogens is 271 g/mol. The third kappa shape index (κ3) is 3.31. The van der Waals surface area contributed by atoms with Gasteiger partial charge in [-0.2, -0.15) is 0 Å². The lowest BCUT2D eigenvalue weighted by Gasteiger charge is -2.15. The van der Waals surface area contributed by atoms with Crippen LogP contribution in [0.2, 0.25) is 0 Å². The fraction of sp³-hybridized carbons (Fsp3) is 0.188. The van der Waals surface area contributed by atoms with Crippen molar-refractivity contribution in [3.63, 3.8) is 0 Å². The number of benzene rings is 2. The number of carbonyl (C=O) groups excluding carboxylic acids is 1.